The number of nitrogens with zero attached hydrogens (tertiary/aromatic N) is 1. The van der Waals surface area contributed by atoms with Crippen molar-refractivity contribution in [1.29, 1.82) is 0 Å². The van der Waals surface area contributed by atoms with Gasteiger partial charge in [-0.15, -0.1) is 0 Å². The van der Waals surface area contributed by atoms with Crippen molar-refractivity contribution >= 4 is 43.8 Å². The maximum atomic E-state index is 11.8. The molecule has 1 aromatic heterocycles. The van der Waals surface area contributed by atoms with Gasteiger partial charge in [-0.3, -0.25) is 0 Å². The molecule has 0 saturated carbocycles. The molecule has 0 saturated heterocycles. The number of halogens is 2. The van der Waals surface area contributed by atoms with Gasteiger partial charge in [0.05, 0.1) is 22.5 Å². The molecule has 1 aromatic rings. The smallest absolute Gasteiger partial charge is 0.357 e. The molecule has 0 N–H and O–H groups in total. The highest BCUT2D eigenvalue weighted by Gasteiger charge is 2.22. The van der Waals surface area contributed by atoms with Crippen LogP contribution in [-0.4, -0.2) is 30.1 Å². The maximum Gasteiger partial charge on any atom is 0.357 e. The molecule has 0 fully saturated rings. The normalized spacial score (nSPS) is 10.4. The van der Waals surface area contributed by atoms with Gasteiger partial charge in [0.1, 0.15) is 0 Å². The zero-order valence-electron chi connectivity index (χ0n) is 10.5. The number of alkyl halides is 2. The van der Waals surface area contributed by atoms with E-state index in [4.69, 9.17) is 9.47 Å². The fraction of sp³-hybridized carbons (Fsp3) is 0.417. The fourth-order valence-corrected chi connectivity index (χ4v) is 1.83. The van der Waals surface area contributed by atoms with Crippen LogP contribution >= 0.6 is 31.9 Å². The zero-order valence-corrected chi connectivity index (χ0v) is 13.7. The first-order valence-corrected chi connectivity index (χ1v) is 7.46. The van der Waals surface area contributed by atoms with Gasteiger partial charge in [0, 0.05) is 6.20 Å². The van der Waals surface area contributed by atoms with Gasteiger partial charge in [0.15, 0.2) is 5.69 Å². The van der Waals surface area contributed by atoms with Crippen molar-refractivity contribution in [2.24, 2.45) is 0 Å². The fourth-order valence-electron chi connectivity index (χ4n) is 1.33. The van der Waals surface area contributed by atoms with Crippen LogP contribution in [0.5, 0.6) is 0 Å². The molecule has 0 atom stereocenters. The van der Waals surface area contributed by atoms with Gasteiger partial charge in [-0.25, -0.2) is 14.6 Å². The predicted octanol–water partition coefficient (Wildman–Crippen LogP) is 3.22. The Hall–Kier alpha value is -0.950. The van der Waals surface area contributed by atoms with Gasteiger partial charge in [0.25, 0.3) is 0 Å². The minimum absolute atomic E-state index is 0.0373. The van der Waals surface area contributed by atoms with Crippen molar-refractivity contribution < 1.29 is 19.1 Å². The van der Waals surface area contributed by atoms with Crippen molar-refractivity contribution in [3.8, 4) is 0 Å². The van der Waals surface area contributed by atoms with E-state index in [1.165, 1.54) is 6.20 Å². The number of pyridine rings is 1. The second-order valence-electron chi connectivity index (χ2n) is 3.41. The molecule has 5 nitrogen and oxygen atoms in total. The number of rotatable bonds is 5. The third-order valence-electron chi connectivity index (χ3n) is 2.12. The van der Waals surface area contributed by atoms with Crippen molar-refractivity contribution in [3.05, 3.63) is 29.1 Å². The summed E-state index contributed by atoms with van der Waals surface area (Å²) >= 11 is 6.61. The highest BCUT2D eigenvalue weighted by Crippen LogP contribution is 2.29. The summed E-state index contributed by atoms with van der Waals surface area (Å²) in [5.41, 5.74) is 0.766. The van der Waals surface area contributed by atoms with E-state index >= 15 is 0 Å². The number of ether oxygens (including phenoxy) is 2. The molecule has 1 rings (SSSR count). The maximum absolute atomic E-state index is 11.8. The molecule has 0 bridgehead atoms. The lowest BCUT2D eigenvalue weighted by Crippen LogP contribution is -2.16. The van der Waals surface area contributed by atoms with Crippen LogP contribution in [0.15, 0.2) is 12.3 Å². The van der Waals surface area contributed by atoms with Crippen molar-refractivity contribution in [2.75, 3.05) is 13.2 Å². The van der Waals surface area contributed by atoms with E-state index in [1.807, 2.05) is 0 Å². The standard InChI is InChI=1S/C12H13Br2NO4/c1-3-18-11(16)8-5-7(10(13)14)6-15-9(8)12(17)19-4-2/h5-6,10H,3-4H2,1-2H3. The molecule has 0 aliphatic rings. The summed E-state index contributed by atoms with van der Waals surface area (Å²) in [4.78, 5) is 27.6. The molecule has 0 aliphatic carbocycles. The monoisotopic (exact) mass is 393 g/mol. The van der Waals surface area contributed by atoms with Crippen LogP contribution in [0.2, 0.25) is 0 Å². The van der Waals surface area contributed by atoms with Crippen LogP contribution in [0.3, 0.4) is 0 Å². The molecular weight excluding hydrogens is 382 g/mol. The van der Waals surface area contributed by atoms with Crippen LogP contribution < -0.4 is 0 Å². The molecule has 1 heterocycles. The average molecular weight is 395 g/mol. The summed E-state index contributed by atoms with van der Waals surface area (Å²) in [6, 6.07) is 1.55. The summed E-state index contributed by atoms with van der Waals surface area (Å²) in [6.45, 7) is 3.81. The van der Waals surface area contributed by atoms with Crippen molar-refractivity contribution in [2.45, 2.75) is 17.6 Å². The number of carbonyl (C=O) groups is 2. The molecule has 7 heteroatoms. The van der Waals surface area contributed by atoms with Gasteiger partial charge in [-0.2, -0.15) is 0 Å². The van der Waals surface area contributed by atoms with Crippen LogP contribution in [0.1, 0.15) is 44.0 Å². The molecular formula is C12H13Br2NO4. The Labute approximate surface area is 127 Å². The van der Waals surface area contributed by atoms with E-state index in [0.29, 0.717) is 5.56 Å². The molecule has 0 spiro atoms. The third-order valence-corrected chi connectivity index (χ3v) is 3.18. The van der Waals surface area contributed by atoms with E-state index in [1.54, 1.807) is 19.9 Å². The SMILES string of the molecule is CCOC(=O)c1cc(C(Br)Br)cnc1C(=O)OCC. The van der Waals surface area contributed by atoms with Crippen LogP contribution in [-0.2, 0) is 9.47 Å². The van der Waals surface area contributed by atoms with E-state index < -0.39 is 11.9 Å². The Kier molecular flexibility index (Phi) is 6.44. The molecule has 0 amide bonds. The van der Waals surface area contributed by atoms with Gasteiger partial charge in [-0.1, -0.05) is 31.9 Å². The average Bonchev–Trinajstić information content (AvgIpc) is 2.38. The van der Waals surface area contributed by atoms with Gasteiger partial charge in [0.2, 0.25) is 0 Å². The summed E-state index contributed by atoms with van der Waals surface area (Å²) in [5.74, 6) is -1.24. The summed E-state index contributed by atoms with van der Waals surface area (Å²) in [5, 5.41) is 0. The quantitative estimate of drug-likeness (QED) is 0.566. The van der Waals surface area contributed by atoms with E-state index in [0.717, 1.165) is 0 Å². The lowest BCUT2D eigenvalue weighted by molar-refractivity contribution is 0.0473. The Morgan fingerprint density at radius 3 is 2.32 bits per heavy atom. The van der Waals surface area contributed by atoms with E-state index in [2.05, 4.69) is 36.8 Å². The lowest BCUT2D eigenvalue weighted by atomic mass is 10.1. The number of hydrogen-bond donors (Lipinski definition) is 0. The van der Waals surface area contributed by atoms with E-state index in [9.17, 15) is 9.59 Å². The van der Waals surface area contributed by atoms with Gasteiger partial charge in [-0.05, 0) is 25.5 Å². The Bertz CT molecular complexity index is 477. The molecule has 0 aliphatic heterocycles. The molecule has 0 aromatic carbocycles. The highest BCUT2D eigenvalue weighted by molar-refractivity contribution is 9.24. The second kappa shape index (κ2) is 7.59. The first kappa shape index (κ1) is 16.1. The molecule has 19 heavy (non-hydrogen) atoms. The zero-order chi connectivity index (χ0) is 14.4. The number of carbonyl (C=O) groups excluding carboxylic acids is 2. The van der Waals surface area contributed by atoms with Crippen molar-refractivity contribution in [3.63, 3.8) is 0 Å². The minimum Gasteiger partial charge on any atom is -0.462 e. The number of aromatic nitrogens is 1. The third kappa shape index (κ3) is 4.28. The second-order valence-corrected chi connectivity index (χ2v) is 6.47. The summed E-state index contributed by atoms with van der Waals surface area (Å²) in [6.07, 6.45) is 1.49. The largest absolute Gasteiger partial charge is 0.462 e. The Morgan fingerprint density at radius 1 is 1.21 bits per heavy atom. The summed E-state index contributed by atoms with van der Waals surface area (Å²) < 4.78 is 9.61. The lowest BCUT2D eigenvalue weighted by Gasteiger charge is -2.10. The first-order valence-electron chi connectivity index (χ1n) is 5.63. The minimum atomic E-state index is -0.641. The Balaban J connectivity index is 3.22. The van der Waals surface area contributed by atoms with Crippen LogP contribution in [0.25, 0.3) is 0 Å². The predicted molar refractivity (Wildman–Crippen MR) is 76.7 cm³/mol. The van der Waals surface area contributed by atoms with Gasteiger partial charge < -0.3 is 9.47 Å². The molecule has 104 valence electrons. The number of hydrogen-bond acceptors (Lipinski definition) is 5. The van der Waals surface area contributed by atoms with Crippen LogP contribution in [0.4, 0.5) is 0 Å². The number of esters is 2. The van der Waals surface area contributed by atoms with E-state index in [-0.39, 0.29) is 28.2 Å². The first-order chi connectivity index (χ1) is 9.01. The highest BCUT2D eigenvalue weighted by atomic mass is 79.9. The van der Waals surface area contributed by atoms with Gasteiger partial charge >= 0.3 is 11.9 Å². The van der Waals surface area contributed by atoms with Crippen LogP contribution in [0, 0.1) is 0 Å². The molecule has 0 radical (unpaired) electrons. The molecule has 0 unspecified atom stereocenters. The topological polar surface area (TPSA) is 65.5 Å². The van der Waals surface area contributed by atoms with Crippen molar-refractivity contribution in [1.82, 2.24) is 4.98 Å². The Morgan fingerprint density at radius 2 is 1.79 bits per heavy atom. The summed E-state index contributed by atoms with van der Waals surface area (Å²) in [7, 11) is 0.